The van der Waals surface area contributed by atoms with Crippen LogP contribution in [0.25, 0.3) is 10.8 Å². The molecule has 0 saturated carbocycles. The molecule has 1 aliphatic heterocycles. The molecule has 0 amide bonds. The summed E-state index contributed by atoms with van der Waals surface area (Å²) in [7, 11) is 0. The molecule has 1 saturated heterocycles. The van der Waals surface area contributed by atoms with Gasteiger partial charge in [-0.2, -0.15) is 0 Å². The third kappa shape index (κ3) is 2.61. The van der Waals surface area contributed by atoms with Crippen LogP contribution in [0.4, 0.5) is 11.5 Å². The second-order valence-electron chi connectivity index (χ2n) is 7.47. The van der Waals surface area contributed by atoms with Crippen LogP contribution in [-0.4, -0.2) is 29.0 Å². The zero-order valence-corrected chi connectivity index (χ0v) is 14.9. The number of rotatable bonds is 3. The molecule has 2 aliphatic rings. The summed E-state index contributed by atoms with van der Waals surface area (Å²) in [4.78, 5) is 6.84. The van der Waals surface area contributed by atoms with Crippen molar-refractivity contribution >= 4 is 22.3 Å². The lowest BCUT2D eigenvalue weighted by Gasteiger charge is -2.37. The molecule has 0 bridgehead atoms. The number of nitrogens with zero attached hydrogens (tertiary/aromatic N) is 2. The Morgan fingerprint density at radius 1 is 1.00 bits per heavy atom. The molecule has 3 N–H and O–H groups in total. The Morgan fingerprint density at radius 3 is 2.62 bits per heavy atom. The number of hydrogen-bond acceptors (Lipinski definition) is 4. The Balaban J connectivity index is 1.30. The van der Waals surface area contributed by atoms with Crippen LogP contribution in [0.2, 0.25) is 0 Å². The minimum atomic E-state index is 0.470. The summed E-state index contributed by atoms with van der Waals surface area (Å²) < 4.78 is 0. The Kier molecular flexibility index (Phi) is 3.79. The molecule has 3 aromatic rings. The number of benzene rings is 2. The molecule has 1 aromatic heterocycles. The molecular weight excluding hydrogens is 320 g/mol. The van der Waals surface area contributed by atoms with Gasteiger partial charge in [-0.1, -0.05) is 36.4 Å². The number of nitrogens with two attached hydrogens (primary N) is 1. The SMILES string of the molecule is Nc1ncccc1NC1CCN(C2Cc3cccc4cccc2c34)CC1. The Labute approximate surface area is 154 Å². The monoisotopic (exact) mass is 344 g/mol. The maximum absolute atomic E-state index is 5.97. The van der Waals surface area contributed by atoms with Gasteiger partial charge in [-0.05, 0) is 53.3 Å². The summed E-state index contributed by atoms with van der Waals surface area (Å²) in [6.45, 7) is 2.24. The highest BCUT2D eigenvalue weighted by molar-refractivity contribution is 5.91. The number of nitrogen functional groups attached to an aromatic ring is 1. The van der Waals surface area contributed by atoms with E-state index in [1.165, 1.54) is 21.9 Å². The number of likely N-dealkylation sites (tertiary alicyclic amines) is 1. The van der Waals surface area contributed by atoms with E-state index in [9.17, 15) is 0 Å². The number of piperidine rings is 1. The number of anilines is 2. The van der Waals surface area contributed by atoms with Crippen molar-refractivity contribution in [3.05, 3.63) is 65.9 Å². The van der Waals surface area contributed by atoms with E-state index in [2.05, 4.69) is 51.6 Å². The third-order valence-corrected chi connectivity index (χ3v) is 5.96. The topological polar surface area (TPSA) is 54.2 Å². The molecule has 4 heteroatoms. The van der Waals surface area contributed by atoms with Gasteiger partial charge in [0, 0.05) is 31.4 Å². The van der Waals surface area contributed by atoms with Crippen molar-refractivity contribution in [1.29, 1.82) is 0 Å². The van der Waals surface area contributed by atoms with Crippen molar-refractivity contribution < 1.29 is 0 Å². The largest absolute Gasteiger partial charge is 0.382 e. The van der Waals surface area contributed by atoms with Gasteiger partial charge < -0.3 is 11.1 Å². The highest BCUT2D eigenvalue weighted by atomic mass is 15.2. The number of aromatic nitrogens is 1. The van der Waals surface area contributed by atoms with Crippen LogP contribution < -0.4 is 11.1 Å². The summed E-state index contributed by atoms with van der Waals surface area (Å²) in [5, 5.41) is 6.45. The maximum atomic E-state index is 5.97. The van der Waals surface area contributed by atoms with Gasteiger partial charge in [0.15, 0.2) is 0 Å². The molecule has 0 radical (unpaired) electrons. The van der Waals surface area contributed by atoms with Crippen LogP contribution in [-0.2, 0) is 6.42 Å². The second kappa shape index (κ2) is 6.29. The smallest absolute Gasteiger partial charge is 0.146 e. The molecule has 0 spiro atoms. The molecular formula is C22H24N4. The van der Waals surface area contributed by atoms with Crippen molar-refractivity contribution in [3.8, 4) is 0 Å². The minimum Gasteiger partial charge on any atom is -0.382 e. The van der Waals surface area contributed by atoms with Crippen LogP contribution in [0.15, 0.2) is 54.7 Å². The van der Waals surface area contributed by atoms with Crippen molar-refractivity contribution in [1.82, 2.24) is 9.88 Å². The van der Waals surface area contributed by atoms with E-state index in [0.29, 0.717) is 17.9 Å². The van der Waals surface area contributed by atoms with E-state index >= 15 is 0 Å². The summed E-state index contributed by atoms with van der Waals surface area (Å²) in [5.41, 5.74) is 9.95. The van der Waals surface area contributed by atoms with E-state index in [1.807, 2.05) is 12.1 Å². The molecule has 2 heterocycles. The highest BCUT2D eigenvalue weighted by Gasteiger charge is 2.31. The molecule has 1 aliphatic carbocycles. The first-order chi connectivity index (χ1) is 12.8. The van der Waals surface area contributed by atoms with E-state index in [4.69, 9.17) is 5.73 Å². The van der Waals surface area contributed by atoms with Gasteiger partial charge >= 0.3 is 0 Å². The number of hydrogen-bond donors (Lipinski definition) is 2. The van der Waals surface area contributed by atoms with E-state index in [1.54, 1.807) is 6.20 Å². The fraction of sp³-hybridized carbons (Fsp3) is 0.318. The van der Waals surface area contributed by atoms with Crippen molar-refractivity contribution in [3.63, 3.8) is 0 Å². The average Bonchev–Trinajstić information content (AvgIpc) is 3.05. The first kappa shape index (κ1) is 15.6. The van der Waals surface area contributed by atoms with Crippen LogP contribution in [0.1, 0.15) is 30.0 Å². The molecule has 132 valence electrons. The van der Waals surface area contributed by atoms with Gasteiger partial charge in [0.25, 0.3) is 0 Å². The fourth-order valence-corrected chi connectivity index (χ4v) is 4.66. The van der Waals surface area contributed by atoms with Crippen LogP contribution >= 0.6 is 0 Å². The van der Waals surface area contributed by atoms with E-state index in [0.717, 1.165) is 38.0 Å². The summed E-state index contributed by atoms with van der Waals surface area (Å²) in [6.07, 6.45) is 5.15. The number of pyridine rings is 1. The lowest BCUT2D eigenvalue weighted by molar-refractivity contribution is 0.160. The van der Waals surface area contributed by atoms with Gasteiger partial charge in [0.05, 0.1) is 5.69 Å². The Bertz CT molecular complexity index is 939. The third-order valence-electron chi connectivity index (χ3n) is 5.96. The fourth-order valence-electron chi connectivity index (χ4n) is 4.66. The van der Waals surface area contributed by atoms with Crippen LogP contribution in [0.3, 0.4) is 0 Å². The van der Waals surface area contributed by atoms with Gasteiger partial charge in [0.1, 0.15) is 5.82 Å². The maximum Gasteiger partial charge on any atom is 0.146 e. The predicted octanol–water partition coefficient (Wildman–Crippen LogP) is 3.99. The molecule has 1 fully saturated rings. The van der Waals surface area contributed by atoms with Gasteiger partial charge in [-0.3, -0.25) is 4.90 Å². The molecule has 2 aromatic carbocycles. The van der Waals surface area contributed by atoms with E-state index in [-0.39, 0.29) is 0 Å². The lowest BCUT2D eigenvalue weighted by Crippen LogP contribution is -2.41. The molecule has 4 nitrogen and oxygen atoms in total. The van der Waals surface area contributed by atoms with Crippen molar-refractivity contribution in [2.75, 3.05) is 24.1 Å². The lowest BCUT2D eigenvalue weighted by atomic mass is 9.99. The minimum absolute atomic E-state index is 0.470. The first-order valence-corrected chi connectivity index (χ1v) is 9.51. The summed E-state index contributed by atoms with van der Waals surface area (Å²) >= 11 is 0. The van der Waals surface area contributed by atoms with Gasteiger partial charge in [-0.15, -0.1) is 0 Å². The average molecular weight is 344 g/mol. The van der Waals surface area contributed by atoms with Gasteiger partial charge in [-0.25, -0.2) is 4.98 Å². The zero-order chi connectivity index (χ0) is 17.5. The number of nitrogens with one attached hydrogen (secondary N) is 1. The second-order valence-corrected chi connectivity index (χ2v) is 7.47. The first-order valence-electron chi connectivity index (χ1n) is 9.51. The highest BCUT2D eigenvalue weighted by Crippen LogP contribution is 2.41. The molecule has 5 rings (SSSR count). The van der Waals surface area contributed by atoms with E-state index < -0.39 is 0 Å². The Morgan fingerprint density at radius 2 is 1.81 bits per heavy atom. The van der Waals surface area contributed by atoms with Crippen molar-refractivity contribution in [2.24, 2.45) is 0 Å². The quantitative estimate of drug-likeness (QED) is 0.754. The van der Waals surface area contributed by atoms with Crippen LogP contribution in [0.5, 0.6) is 0 Å². The standard InChI is InChI=1S/C22H24N4/c23-22-19(8-3-11-24-22)25-17-9-12-26(13-10-17)20-14-16-6-1-4-15-5-2-7-18(20)21(15)16/h1-8,11,17,20,25H,9-10,12-14H2,(H2,23,24). The Hall–Kier alpha value is -2.59. The molecule has 1 atom stereocenters. The molecule has 1 unspecified atom stereocenters. The summed E-state index contributed by atoms with van der Waals surface area (Å²) in [5.74, 6) is 0.591. The predicted molar refractivity (Wildman–Crippen MR) is 107 cm³/mol. The molecule has 26 heavy (non-hydrogen) atoms. The van der Waals surface area contributed by atoms with Crippen molar-refractivity contribution in [2.45, 2.75) is 31.3 Å². The van der Waals surface area contributed by atoms with Crippen LogP contribution in [0, 0.1) is 0 Å². The van der Waals surface area contributed by atoms with Gasteiger partial charge in [0.2, 0.25) is 0 Å². The zero-order valence-electron chi connectivity index (χ0n) is 14.9. The summed E-state index contributed by atoms with van der Waals surface area (Å²) in [6, 6.07) is 18.4. The normalized spacial score (nSPS) is 20.5.